The van der Waals surface area contributed by atoms with Gasteiger partial charge in [-0.2, -0.15) is 0 Å². The van der Waals surface area contributed by atoms with E-state index in [-0.39, 0.29) is 18.0 Å². The van der Waals surface area contributed by atoms with Gasteiger partial charge in [-0.1, -0.05) is 47.8 Å². The number of carbonyl (C=O) groups is 2. The van der Waals surface area contributed by atoms with Gasteiger partial charge < -0.3 is 10.1 Å². The number of nitrogens with one attached hydrogen (secondary N) is 1. The number of hydrogen-bond acceptors (Lipinski definition) is 5. The molecule has 196 valence electrons. The average molecular weight is 568 g/mol. The summed E-state index contributed by atoms with van der Waals surface area (Å²) < 4.78 is 5.60. The lowest BCUT2D eigenvalue weighted by Gasteiger charge is -2.16. The maximum Gasteiger partial charge on any atom is 0.341 e. The van der Waals surface area contributed by atoms with E-state index in [1.165, 1.54) is 11.3 Å². The van der Waals surface area contributed by atoms with Crippen molar-refractivity contribution in [1.82, 2.24) is 4.98 Å². The highest BCUT2D eigenvalue weighted by Gasteiger charge is 2.29. The van der Waals surface area contributed by atoms with Crippen molar-refractivity contribution in [2.24, 2.45) is 0 Å². The number of para-hydroxylation sites is 1. The number of halogens is 2. The monoisotopic (exact) mass is 566 g/mol. The number of ether oxygens (including phenoxy) is 1. The molecule has 0 atom stereocenters. The van der Waals surface area contributed by atoms with Crippen LogP contribution in [0, 0.1) is 6.92 Å². The largest absolute Gasteiger partial charge is 0.459 e. The molecule has 1 amide bonds. The summed E-state index contributed by atoms with van der Waals surface area (Å²) in [5.74, 6) is -0.693. The molecule has 8 heteroatoms. The Morgan fingerprint density at radius 3 is 2.55 bits per heavy atom. The molecule has 2 aromatic carbocycles. The van der Waals surface area contributed by atoms with Crippen molar-refractivity contribution in [3.63, 3.8) is 0 Å². The second kappa shape index (κ2) is 11.0. The topological polar surface area (TPSA) is 68.3 Å². The van der Waals surface area contributed by atoms with Gasteiger partial charge in [-0.15, -0.1) is 11.3 Å². The van der Waals surface area contributed by atoms with Crippen molar-refractivity contribution >= 4 is 62.3 Å². The van der Waals surface area contributed by atoms with E-state index in [0.717, 1.165) is 47.9 Å². The van der Waals surface area contributed by atoms with E-state index < -0.39 is 0 Å². The number of amides is 1. The van der Waals surface area contributed by atoms with Gasteiger partial charge in [0.2, 0.25) is 0 Å². The first kappa shape index (κ1) is 26.7. The Balaban J connectivity index is 1.63. The molecule has 0 fully saturated rings. The third kappa shape index (κ3) is 5.18. The summed E-state index contributed by atoms with van der Waals surface area (Å²) in [6.07, 6.45) is 4.65. The van der Waals surface area contributed by atoms with Crippen LogP contribution >= 0.6 is 34.5 Å². The zero-order chi connectivity index (χ0) is 27.0. The number of pyridine rings is 1. The number of esters is 1. The molecule has 2 aromatic heterocycles. The van der Waals surface area contributed by atoms with Crippen LogP contribution in [-0.4, -0.2) is 23.0 Å². The van der Waals surface area contributed by atoms with Gasteiger partial charge in [0, 0.05) is 20.8 Å². The number of carbonyl (C=O) groups excluding carboxylic acids is 2. The summed E-state index contributed by atoms with van der Waals surface area (Å²) in [6.45, 7) is 5.53. The molecule has 1 N–H and O–H groups in total. The molecule has 5 nitrogen and oxygen atoms in total. The molecule has 0 saturated carbocycles. The zero-order valence-electron chi connectivity index (χ0n) is 21.5. The number of anilines is 1. The number of fused-ring (bicyclic) bond motifs is 2. The molecule has 0 spiro atoms. The fourth-order valence-electron chi connectivity index (χ4n) is 5.03. The fraction of sp³-hybridized carbons (Fsp3) is 0.300. The Hall–Kier alpha value is -2.93. The van der Waals surface area contributed by atoms with Crippen LogP contribution in [0.1, 0.15) is 69.8 Å². The van der Waals surface area contributed by atoms with Gasteiger partial charge in [-0.25, -0.2) is 9.78 Å². The van der Waals surface area contributed by atoms with Crippen LogP contribution in [0.15, 0.2) is 42.5 Å². The van der Waals surface area contributed by atoms with Gasteiger partial charge in [-0.3, -0.25) is 4.79 Å². The molecule has 0 saturated heterocycles. The molecule has 0 unspecified atom stereocenters. The van der Waals surface area contributed by atoms with Crippen molar-refractivity contribution in [2.75, 3.05) is 5.32 Å². The van der Waals surface area contributed by atoms with Gasteiger partial charge in [0.05, 0.1) is 33.5 Å². The van der Waals surface area contributed by atoms with E-state index in [0.29, 0.717) is 48.5 Å². The lowest BCUT2D eigenvalue weighted by atomic mass is 9.97. The number of benzene rings is 2. The minimum Gasteiger partial charge on any atom is -0.459 e. The van der Waals surface area contributed by atoms with Gasteiger partial charge >= 0.3 is 5.97 Å². The van der Waals surface area contributed by atoms with Crippen molar-refractivity contribution < 1.29 is 14.3 Å². The summed E-state index contributed by atoms with van der Waals surface area (Å²) in [6, 6.07) is 12.8. The molecule has 4 aromatic rings. The Morgan fingerprint density at radius 2 is 1.79 bits per heavy atom. The molecule has 5 rings (SSSR count). The van der Waals surface area contributed by atoms with E-state index in [2.05, 4.69) is 5.32 Å². The standard InChI is InChI=1S/C30H28Cl2N2O3S/c1-16(2)37-30(36)26-21-10-5-4-6-12-24(21)38-29(26)34-28(35)25-17(3)27(19-14-13-18(31)15-22(19)32)33-23-11-8-7-9-20(23)25/h7-9,11,13-16H,4-6,10,12H2,1-3H3,(H,34,35). The van der Waals surface area contributed by atoms with Crippen LogP contribution < -0.4 is 5.32 Å². The zero-order valence-corrected chi connectivity index (χ0v) is 23.8. The summed E-state index contributed by atoms with van der Waals surface area (Å²) in [5.41, 5.74) is 4.66. The van der Waals surface area contributed by atoms with Crippen LogP contribution in [0.4, 0.5) is 5.00 Å². The van der Waals surface area contributed by atoms with E-state index >= 15 is 0 Å². The van der Waals surface area contributed by atoms with Crippen molar-refractivity contribution in [1.29, 1.82) is 0 Å². The smallest absolute Gasteiger partial charge is 0.341 e. The lowest BCUT2D eigenvalue weighted by Crippen LogP contribution is -2.18. The van der Waals surface area contributed by atoms with Crippen molar-refractivity contribution in [2.45, 2.75) is 59.0 Å². The first-order chi connectivity index (χ1) is 18.2. The van der Waals surface area contributed by atoms with Crippen LogP contribution in [0.5, 0.6) is 0 Å². The van der Waals surface area contributed by atoms with E-state index in [4.69, 9.17) is 32.9 Å². The maximum absolute atomic E-state index is 14.0. The number of aromatic nitrogens is 1. The second-order valence-corrected chi connectivity index (χ2v) is 11.7. The molecular weight excluding hydrogens is 539 g/mol. The Labute approximate surface area is 236 Å². The predicted molar refractivity (Wildman–Crippen MR) is 156 cm³/mol. The minimum atomic E-state index is -0.389. The molecule has 0 aliphatic heterocycles. The molecule has 38 heavy (non-hydrogen) atoms. The Bertz CT molecular complexity index is 1560. The first-order valence-corrected chi connectivity index (χ1v) is 14.3. The molecule has 0 bridgehead atoms. The third-order valence-electron chi connectivity index (χ3n) is 6.74. The maximum atomic E-state index is 14.0. The molecular formula is C30H28Cl2N2O3S. The summed E-state index contributed by atoms with van der Waals surface area (Å²) in [5, 5.41) is 5.33. The number of rotatable bonds is 5. The SMILES string of the molecule is Cc1c(-c2ccc(Cl)cc2Cl)nc2ccccc2c1C(=O)Nc1sc2c(c1C(=O)OC(C)C)CCCCC2. The number of nitrogens with zero attached hydrogens (tertiary/aromatic N) is 1. The average Bonchev–Trinajstić information content (AvgIpc) is 3.03. The summed E-state index contributed by atoms with van der Waals surface area (Å²) >= 11 is 14.2. The lowest BCUT2D eigenvalue weighted by molar-refractivity contribution is 0.0378. The van der Waals surface area contributed by atoms with Crippen LogP contribution in [0.3, 0.4) is 0 Å². The highest BCUT2D eigenvalue weighted by atomic mass is 35.5. The number of aryl methyl sites for hydroxylation is 1. The first-order valence-electron chi connectivity index (χ1n) is 12.8. The van der Waals surface area contributed by atoms with Crippen LogP contribution in [0.2, 0.25) is 10.0 Å². The minimum absolute atomic E-state index is 0.259. The van der Waals surface area contributed by atoms with Crippen LogP contribution in [-0.2, 0) is 17.6 Å². The van der Waals surface area contributed by atoms with Crippen molar-refractivity contribution in [3.8, 4) is 11.3 Å². The van der Waals surface area contributed by atoms with Gasteiger partial charge in [0.1, 0.15) is 5.00 Å². The second-order valence-electron chi connectivity index (χ2n) is 9.78. The van der Waals surface area contributed by atoms with E-state index in [1.807, 2.05) is 51.1 Å². The Morgan fingerprint density at radius 1 is 1.03 bits per heavy atom. The van der Waals surface area contributed by atoms with Crippen molar-refractivity contribution in [3.05, 3.63) is 79.6 Å². The Kier molecular flexibility index (Phi) is 7.75. The molecule has 0 radical (unpaired) electrons. The van der Waals surface area contributed by atoms with Gasteiger partial charge in [-0.05, 0) is 81.8 Å². The predicted octanol–water partition coefficient (Wildman–Crippen LogP) is 8.66. The third-order valence-corrected chi connectivity index (χ3v) is 8.50. The van der Waals surface area contributed by atoms with Gasteiger partial charge in [0.15, 0.2) is 0 Å². The highest BCUT2D eigenvalue weighted by Crippen LogP contribution is 2.40. The highest BCUT2D eigenvalue weighted by molar-refractivity contribution is 7.17. The van der Waals surface area contributed by atoms with E-state index in [1.54, 1.807) is 12.1 Å². The number of thiophene rings is 1. The number of hydrogen-bond donors (Lipinski definition) is 1. The molecule has 1 aliphatic rings. The molecule has 2 heterocycles. The fourth-order valence-corrected chi connectivity index (χ4v) is 6.80. The quantitative estimate of drug-likeness (QED) is 0.194. The molecule has 1 aliphatic carbocycles. The summed E-state index contributed by atoms with van der Waals surface area (Å²) in [4.78, 5) is 33.2. The normalized spacial score (nSPS) is 13.3. The summed E-state index contributed by atoms with van der Waals surface area (Å²) in [7, 11) is 0. The van der Waals surface area contributed by atoms with Gasteiger partial charge in [0.25, 0.3) is 5.91 Å². The van der Waals surface area contributed by atoms with E-state index in [9.17, 15) is 9.59 Å². The van der Waals surface area contributed by atoms with Crippen LogP contribution in [0.25, 0.3) is 22.2 Å².